The van der Waals surface area contributed by atoms with E-state index in [-0.39, 0.29) is 0 Å². The van der Waals surface area contributed by atoms with Crippen LogP contribution in [0.3, 0.4) is 0 Å². The Bertz CT molecular complexity index is 115. The van der Waals surface area contributed by atoms with Crippen molar-refractivity contribution in [2.24, 2.45) is 5.92 Å². The van der Waals surface area contributed by atoms with E-state index in [0.717, 1.165) is 5.92 Å². The Morgan fingerprint density at radius 3 is 2.27 bits per heavy atom. The van der Waals surface area contributed by atoms with Crippen molar-refractivity contribution in [3.05, 3.63) is 0 Å². The van der Waals surface area contributed by atoms with Gasteiger partial charge < -0.3 is 5.32 Å². The van der Waals surface area contributed by atoms with E-state index in [4.69, 9.17) is 0 Å². The molecule has 1 nitrogen and oxygen atoms in total. The van der Waals surface area contributed by atoms with Gasteiger partial charge in [0, 0.05) is 0 Å². The molecule has 0 fully saturated rings. The van der Waals surface area contributed by atoms with Crippen LogP contribution in [-0.4, -0.2) is 24.6 Å². The van der Waals surface area contributed by atoms with Crippen molar-refractivity contribution in [1.82, 2.24) is 5.32 Å². The zero-order valence-corrected chi connectivity index (χ0v) is 11.7. The van der Waals surface area contributed by atoms with Gasteiger partial charge in [-0.25, -0.2) is 0 Å². The molecule has 0 aromatic carbocycles. The van der Waals surface area contributed by atoms with Gasteiger partial charge in [-0.05, 0) is 49.8 Å². The Morgan fingerprint density at radius 2 is 1.67 bits per heavy atom. The van der Waals surface area contributed by atoms with E-state index < -0.39 is 0 Å². The summed E-state index contributed by atoms with van der Waals surface area (Å²) >= 11 is 2.13. The van der Waals surface area contributed by atoms with Crippen molar-refractivity contribution >= 4 is 11.8 Å². The van der Waals surface area contributed by atoms with Gasteiger partial charge in [0.05, 0.1) is 0 Å². The summed E-state index contributed by atoms with van der Waals surface area (Å²) < 4.78 is 0. The van der Waals surface area contributed by atoms with Gasteiger partial charge in [-0.2, -0.15) is 11.8 Å². The number of hydrogen-bond acceptors (Lipinski definition) is 2. The molecule has 0 saturated carbocycles. The molecule has 0 rings (SSSR count). The Hall–Kier alpha value is 0.310. The Kier molecular flexibility index (Phi) is 12.6. The third kappa shape index (κ3) is 14.3. The van der Waals surface area contributed by atoms with Gasteiger partial charge in [-0.15, -0.1) is 0 Å². The SMILES string of the molecule is CCCCCSCCCCNCC(C)C. The molecule has 0 aliphatic rings. The molecule has 0 saturated heterocycles. The van der Waals surface area contributed by atoms with E-state index in [1.165, 1.54) is 56.7 Å². The predicted molar refractivity (Wildman–Crippen MR) is 73.8 cm³/mol. The van der Waals surface area contributed by atoms with Crippen LogP contribution in [0, 0.1) is 5.92 Å². The fourth-order valence-corrected chi connectivity index (χ4v) is 2.42. The zero-order chi connectivity index (χ0) is 11.4. The van der Waals surface area contributed by atoms with Crippen LogP contribution in [0.2, 0.25) is 0 Å². The second kappa shape index (κ2) is 12.4. The van der Waals surface area contributed by atoms with Crippen LogP contribution in [0.5, 0.6) is 0 Å². The first-order valence-corrected chi connectivity index (χ1v) is 7.71. The van der Waals surface area contributed by atoms with Gasteiger partial charge in [0.25, 0.3) is 0 Å². The minimum absolute atomic E-state index is 0.786. The number of rotatable bonds is 11. The lowest BCUT2D eigenvalue weighted by Crippen LogP contribution is -2.20. The first kappa shape index (κ1) is 15.3. The molecule has 0 heterocycles. The van der Waals surface area contributed by atoms with Gasteiger partial charge in [-0.3, -0.25) is 0 Å². The standard InChI is InChI=1S/C13H29NS/c1-4-5-7-10-15-11-8-6-9-14-12-13(2)3/h13-14H,4-12H2,1-3H3. The van der Waals surface area contributed by atoms with E-state index in [0.29, 0.717) is 0 Å². The van der Waals surface area contributed by atoms with Crippen LogP contribution in [0.1, 0.15) is 52.9 Å². The maximum absolute atomic E-state index is 3.49. The Balaban J connectivity index is 2.87. The molecule has 0 aliphatic heterocycles. The molecular formula is C13H29NS. The lowest BCUT2D eigenvalue weighted by atomic mass is 10.2. The summed E-state index contributed by atoms with van der Waals surface area (Å²) in [6.07, 6.45) is 6.88. The van der Waals surface area contributed by atoms with Crippen LogP contribution in [0.4, 0.5) is 0 Å². The number of hydrogen-bond donors (Lipinski definition) is 1. The minimum atomic E-state index is 0.786. The largest absolute Gasteiger partial charge is 0.316 e. The van der Waals surface area contributed by atoms with Crippen molar-refractivity contribution in [3.8, 4) is 0 Å². The van der Waals surface area contributed by atoms with Gasteiger partial charge in [0.2, 0.25) is 0 Å². The zero-order valence-electron chi connectivity index (χ0n) is 10.8. The smallest absolute Gasteiger partial charge is 0.00258 e. The lowest BCUT2D eigenvalue weighted by molar-refractivity contribution is 0.541. The minimum Gasteiger partial charge on any atom is -0.316 e. The number of unbranched alkanes of at least 4 members (excludes halogenated alkanes) is 3. The van der Waals surface area contributed by atoms with Crippen molar-refractivity contribution in [3.63, 3.8) is 0 Å². The van der Waals surface area contributed by atoms with Crippen LogP contribution in [0.15, 0.2) is 0 Å². The molecule has 92 valence electrons. The monoisotopic (exact) mass is 231 g/mol. The number of thioether (sulfide) groups is 1. The van der Waals surface area contributed by atoms with Crippen molar-refractivity contribution < 1.29 is 0 Å². The molecule has 2 heteroatoms. The van der Waals surface area contributed by atoms with Crippen molar-refractivity contribution in [1.29, 1.82) is 0 Å². The van der Waals surface area contributed by atoms with E-state index in [9.17, 15) is 0 Å². The van der Waals surface area contributed by atoms with Gasteiger partial charge in [-0.1, -0.05) is 33.6 Å². The third-order valence-corrected chi connectivity index (χ3v) is 3.49. The summed E-state index contributed by atoms with van der Waals surface area (Å²) in [7, 11) is 0. The third-order valence-electron chi connectivity index (χ3n) is 2.34. The van der Waals surface area contributed by atoms with Crippen LogP contribution >= 0.6 is 11.8 Å². The van der Waals surface area contributed by atoms with E-state index >= 15 is 0 Å². The van der Waals surface area contributed by atoms with Crippen molar-refractivity contribution in [2.75, 3.05) is 24.6 Å². The van der Waals surface area contributed by atoms with E-state index in [1.807, 2.05) is 0 Å². The molecule has 0 aromatic rings. The fraction of sp³-hybridized carbons (Fsp3) is 1.00. The fourth-order valence-electron chi connectivity index (χ4n) is 1.40. The summed E-state index contributed by atoms with van der Waals surface area (Å²) in [4.78, 5) is 0. The van der Waals surface area contributed by atoms with Gasteiger partial charge in [0.15, 0.2) is 0 Å². The predicted octanol–water partition coefficient (Wildman–Crippen LogP) is 3.94. The topological polar surface area (TPSA) is 12.0 Å². The first-order valence-electron chi connectivity index (χ1n) is 6.55. The first-order chi connectivity index (χ1) is 7.27. The van der Waals surface area contributed by atoms with Gasteiger partial charge in [0.1, 0.15) is 0 Å². The number of nitrogens with one attached hydrogen (secondary N) is 1. The molecular weight excluding hydrogens is 202 g/mol. The Labute approximate surface area is 101 Å². The molecule has 0 atom stereocenters. The second-order valence-electron chi connectivity index (χ2n) is 4.62. The highest BCUT2D eigenvalue weighted by Crippen LogP contribution is 2.08. The summed E-state index contributed by atoms with van der Waals surface area (Å²) in [6.45, 7) is 9.16. The lowest BCUT2D eigenvalue weighted by Gasteiger charge is -2.06. The summed E-state index contributed by atoms with van der Waals surface area (Å²) in [5, 5.41) is 3.49. The molecule has 0 unspecified atom stereocenters. The maximum Gasteiger partial charge on any atom is -0.00258 e. The molecule has 0 amide bonds. The highest BCUT2D eigenvalue weighted by atomic mass is 32.2. The quantitative estimate of drug-likeness (QED) is 0.541. The molecule has 1 N–H and O–H groups in total. The average molecular weight is 231 g/mol. The highest BCUT2D eigenvalue weighted by molar-refractivity contribution is 7.99. The highest BCUT2D eigenvalue weighted by Gasteiger charge is 1.93. The summed E-state index contributed by atoms with van der Waals surface area (Å²) in [6, 6.07) is 0. The molecule has 0 bridgehead atoms. The molecule has 0 aliphatic carbocycles. The summed E-state index contributed by atoms with van der Waals surface area (Å²) in [5.41, 5.74) is 0. The molecule has 15 heavy (non-hydrogen) atoms. The average Bonchev–Trinajstić information content (AvgIpc) is 2.20. The van der Waals surface area contributed by atoms with Crippen LogP contribution in [-0.2, 0) is 0 Å². The normalized spacial score (nSPS) is 11.2. The molecule has 0 aromatic heterocycles. The summed E-state index contributed by atoms with van der Waals surface area (Å²) in [5.74, 6) is 3.51. The van der Waals surface area contributed by atoms with Crippen LogP contribution < -0.4 is 5.32 Å². The maximum atomic E-state index is 3.49. The van der Waals surface area contributed by atoms with E-state index in [2.05, 4.69) is 37.8 Å². The van der Waals surface area contributed by atoms with Crippen LogP contribution in [0.25, 0.3) is 0 Å². The molecule has 0 radical (unpaired) electrons. The molecule has 0 spiro atoms. The Morgan fingerprint density at radius 1 is 1.00 bits per heavy atom. The van der Waals surface area contributed by atoms with Gasteiger partial charge >= 0.3 is 0 Å². The van der Waals surface area contributed by atoms with E-state index in [1.54, 1.807) is 0 Å². The second-order valence-corrected chi connectivity index (χ2v) is 5.85. The van der Waals surface area contributed by atoms with Crippen molar-refractivity contribution in [2.45, 2.75) is 52.9 Å².